The Bertz CT molecular complexity index is 590. The van der Waals surface area contributed by atoms with E-state index in [-0.39, 0.29) is 10.8 Å². The smallest absolute Gasteiger partial charge is 0.433 e. The number of aliphatic hydroxyl groups excluding tert-OH is 1. The summed E-state index contributed by atoms with van der Waals surface area (Å²) < 4.78 is 38.4. The zero-order valence-electron chi connectivity index (χ0n) is 12.5. The second-order valence-corrected chi connectivity index (χ2v) is 6.09. The highest BCUT2D eigenvalue weighted by Crippen LogP contribution is 2.30. The van der Waals surface area contributed by atoms with Crippen molar-refractivity contribution in [3.8, 4) is 0 Å². The van der Waals surface area contributed by atoms with Crippen LogP contribution >= 0.6 is 35.0 Å². The molecule has 0 unspecified atom stereocenters. The van der Waals surface area contributed by atoms with Crippen LogP contribution in [0.4, 0.5) is 13.2 Å². The molecule has 1 N–H and O–H groups in total. The lowest BCUT2D eigenvalue weighted by atomic mass is 10.2. The average Bonchev–Trinajstić information content (AvgIpc) is 2.44. The lowest BCUT2D eigenvalue weighted by Gasteiger charge is -2.10. The molecule has 0 heterocycles. The van der Waals surface area contributed by atoms with Gasteiger partial charge in [-0.1, -0.05) is 48.5 Å². The standard InChI is InChI=1S/C15H16Cl2F3NOS/c1-5-12(16)11(13(17)6-2)8-23-10(4)21-14(7-9(3)22)15(18,19)20/h5-7,22H,1,3,8H2,2,4H3/b12-11+,13-6+,14-7-,21-10+. The molecule has 0 fully saturated rings. The fourth-order valence-electron chi connectivity index (χ4n) is 1.26. The van der Waals surface area contributed by atoms with Gasteiger partial charge in [-0.05, 0) is 19.4 Å². The maximum absolute atomic E-state index is 12.8. The molecule has 2 nitrogen and oxygen atoms in total. The molecular weight excluding hydrogens is 370 g/mol. The Kier molecular flexibility index (Phi) is 9.42. The molecule has 128 valence electrons. The van der Waals surface area contributed by atoms with Gasteiger partial charge in [0.25, 0.3) is 0 Å². The predicted molar refractivity (Wildman–Crippen MR) is 94.2 cm³/mol. The van der Waals surface area contributed by atoms with E-state index < -0.39 is 17.6 Å². The number of nitrogens with zero attached hydrogens (tertiary/aromatic N) is 1. The number of alkyl halides is 3. The van der Waals surface area contributed by atoms with Crippen LogP contribution in [0.5, 0.6) is 0 Å². The van der Waals surface area contributed by atoms with E-state index in [1.54, 1.807) is 13.0 Å². The number of rotatable bonds is 6. The molecule has 0 saturated carbocycles. The third-order valence-electron chi connectivity index (χ3n) is 2.31. The minimum atomic E-state index is -4.70. The van der Waals surface area contributed by atoms with Gasteiger partial charge in [0, 0.05) is 21.9 Å². The van der Waals surface area contributed by atoms with Gasteiger partial charge in [0.15, 0.2) is 0 Å². The van der Waals surface area contributed by atoms with Crippen LogP contribution in [0, 0.1) is 0 Å². The number of aliphatic imine (C=N–C) groups is 1. The highest BCUT2D eigenvalue weighted by Gasteiger charge is 2.34. The maximum atomic E-state index is 12.8. The molecule has 0 amide bonds. The minimum Gasteiger partial charge on any atom is -0.509 e. The quantitative estimate of drug-likeness (QED) is 0.245. The van der Waals surface area contributed by atoms with Crippen molar-refractivity contribution in [3.05, 3.63) is 58.5 Å². The first-order valence-corrected chi connectivity index (χ1v) is 7.95. The van der Waals surface area contributed by atoms with Crippen LogP contribution < -0.4 is 0 Å². The lowest BCUT2D eigenvalue weighted by Crippen LogP contribution is -2.11. The molecule has 0 aromatic rings. The molecule has 0 bridgehead atoms. The SMILES string of the molecule is C=C/C(Cl)=C(CS/C(C)=N/C(=C\C(=C)O)C(F)(F)F)\C(Cl)=C/C. The van der Waals surface area contributed by atoms with Gasteiger partial charge in [-0.2, -0.15) is 13.2 Å². The summed E-state index contributed by atoms with van der Waals surface area (Å²) in [6.45, 7) is 9.65. The molecule has 0 aromatic carbocycles. The van der Waals surface area contributed by atoms with Crippen LogP contribution in [0.2, 0.25) is 0 Å². The Hall–Kier alpha value is -1.11. The van der Waals surface area contributed by atoms with Gasteiger partial charge in [0.05, 0.1) is 5.04 Å². The largest absolute Gasteiger partial charge is 0.509 e. The van der Waals surface area contributed by atoms with E-state index in [2.05, 4.69) is 18.2 Å². The highest BCUT2D eigenvalue weighted by atomic mass is 35.5. The predicted octanol–water partition coefficient (Wildman–Crippen LogP) is 6.48. The Morgan fingerprint density at radius 3 is 2.30 bits per heavy atom. The van der Waals surface area contributed by atoms with Crippen molar-refractivity contribution in [2.75, 3.05) is 5.75 Å². The van der Waals surface area contributed by atoms with Gasteiger partial charge in [-0.25, -0.2) is 4.99 Å². The van der Waals surface area contributed by atoms with E-state index in [9.17, 15) is 13.2 Å². The fraction of sp³-hybridized carbons (Fsp3) is 0.267. The van der Waals surface area contributed by atoms with Crippen LogP contribution in [-0.4, -0.2) is 22.1 Å². The summed E-state index contributed by atoms with van der Waals surface area (Å²) in [7, 11) is 0. The maximum Gasteiger partial charge on any atom is 0.433 e. The van der Waals surface area contributed by atoms with Crippen LogP contribution in [0.3, 0.4) is 0 Å². The normalized spacial score (nSPS) is 15.3. The van der Waals surface area contributed by atoms with Crippen molar-refractivity contribution < 1.29 is 18.3 Å². The average molecular weight is 386 g/mol. The van der Waals surface area contributed by atoms with Gasteiger partial charge in [0.1, 0.15) is 11.5 Å². The van der Waals surface area contributed by atoms with E-state index >= 15 is 0 Å². The molecule has 0 atom stereocenters. The zero-order chi connectivity index (χ0) is 18.2. The van der Waals surface area contributed by atoms with Gasteiger partial charge in [-0.15, -0.1) is 11.8 Å². The molecular formula is C15H16Cl2F3NOS. The highest BCUT2D eigenvalue weighted by molar-refractivity contribution is 8.14. The molecule has 0 radical (unpaired) electrons. The number of allylic oxidation sites excluding steroid dienone is 6. The Morgan fingerprint density at radius 2 is 1.91 bits per heavy atom. The van der Waals surface area contributed by atoms with Crippen LogP contribution in [0.1, 0.15) is 13.8 Å². The Morgan fingerprint density at radius 1 is 1.35 bits per heavy atom. The molecule has 0 rings (SSSR count). The van der Waals surface area contributed by atoms with Crippen LogP contribution in [0.25, 0.3) is 0 Å². The summed E-state index contributed by atoms with van der Waals surface area (Å²) >= 11 is 13.0. The van der Waals surface area contributed by atoms with Crippen molar-refractivity contribution in [3.63, 3.8) is 0 Å². The number of thioether (sulfide) groups is 1. The second-order valence-electron chi connectivity index (χ2n) is 4.11. The number of halogens is 5. The molecule has 23 heavy (non-hydrogen) atoms. The summed E-state index contributed by atoms with van der Waals surface area (Å²) in [4.78, 5) is 3.47. The molecule has 0 aromatic heterocycles. The van der Waals surface area contributed by atoms with E-state index in [0.717, 1.165) is 11.8 Å². The molecule has 0 saturated heterocycles. The van der Waals surface area contributed by atoms with Crippen molar-refractivity contribution in [1.29, 1.82) is 0 Å². The van der Waals surface area contributed by atoms with E-state index in [0.29, 0.717) is 21.7 Å². The summed E-state index contributed by atoms with van der Waals surface area (Å²) in [5, 5.41) is 9.73. The number of hydrogen-bond acceptors (Lipinski definition) is 3. The first-order valence-electron chi connectivity index (χ1n) is 6.21. The summed E-state index contributed by atoms with van der Waals surface area (Å²) in [5.74, 6) is -0.514. The molecule has 0 aliphatic carbocycles. The van der Waals surface area contributed by atoms with Crippen molar-refractivity contribution >= 4 is 40.0 Å². The van der Waals surface area contributed by atoms with Gasteiger partial charge >= 0.3 is 6.18 Å². The van der Waals surface area contributed by atoms with Gasteiger partial charge in [0.2, 0.25) is 0 Å². The van der Waals surface area contributed by atoms with E-state index in [1.165, 1.54) is 13.0 Å². The fourth-order valence-corrected chi connectivity index (χ4v) is 2.63. The zero-order valence-corrected chi connectivity index (χ0v) is 14.9. The summed E-state index contributed by atoms with van der Waals surface area (Å²) in [6, 6.07) is 0. The van der Waals surface area contributed by atoms with E-state index in [1.807, 2.05) is 0 Å². The van der Waals surface area contributed by atoms with E-state index in [4.69, 9.17) is 28.3 Å². The topological polar surface area (TPSA) is 32.6 Å². The molecule has 0 spiro atoms. The third-order valence-corrected chi connectivity index (χ3v) is 4.08. The molecule has 8 heteroatoms. The van der Waals surface area contributed by atoms with Gasteiger partial charge in [-0.3, -0.25) is 0 Å². The number of aliphatic hydroxyl groups is 1. The first-order chi connectivity index (χ1) is 10.5. The third kappa shape index (κ3) is 8.34. The van der Waals surface area contributed by atoms with Gasteiger partial charge < -0.3 is 5.11 Å². The van der Waals surface area contributed by atoms with Crippen molar-refractivity contribution in [1.82, 2.24) is 0 Å². The minimum absolute atomic E-state index is 0.126. The number of hydrogen-bond donors (Lipinski definition) is 1. The molecule has 0 aliphatic rings. The lowest BCUT2D eigenvalue weighted by molar-refractivity contribution is -0.0925. The Balaban J connectivity index is 5.37. The Labute approximate surface area is 147 Å². The van der Waals surface area contributed by atoms with Crippen molar-refractivity contribution in [2.45, 2.75) is 20.0 Å². The van der Waals surface area contributed by atoms with Crippen LogP contribution in [-0.2, 0) is 0 Å². The van der Waals surface area contributed by atoms with Crippen molar-refractivity contribution in [2.24, 2.45) is 4.99 Å². The summed E-state index contributed by atoms with van der Waals surface area (Å²) in [6.07, 6.45) is -1.23. The first kappa shape index (κ1) is 21.9. The second kappa shape index (κ2) is 9.90. The monoisotopic (exact) mass is 385 g/mol. The summed E-state index contributed by atoms with van der Waals surface area (Å²) in [5.41, 5.74) is -0.707. The van der Waals surface area contributed by atoms with Crippen LogP contribution in [0.15, 0.2) is 63.5 Å². The molecule has 0 aliphatic heterocycles.